The highest BCUT2D eigenvalue weighted by Gasteiger charge is 2.25. The van der Waals surface area contributed by atoms with Crippen molar-refractivity contribution in [3.05, 3.63) is 47.6 Å². The first-order valence-electron chi connectivity index (χ1n) is 7.78. The lowest BCUT2D eigenvalue weighted by Gasteiger charge is -2.23. The van der Waals surface area contributed by atoms with E-state index in [9.17, 15) is 5.11 Å². The van der Waals surface area contributed by atoms with Crippen molar-refractivity contribution in [1.82, 2.24) is 10.1 Å². The topological polar surface area (TPSA) is 59.2 Å². The molecule has 3 unspecified atom stereocenters. The summed E-state index contributed by atoms with van der Waals surface area (Å²) >= 11 is 0. The predicted molar refractivity (Wildman–Crippen MR) is 79.8 cm³/mol. The summed E-state index contributed by atoms with van der Waals surface area (Å²) in [7, 11) is 0. The molecule has 0 bridgehead atoms. The molecule has 0 radical (unpaired) electrons. The van der Waals surface area contributed by atoms with Crippen molar-refractivity contribution in [1.29, 1.82) is 0 Å². The zero-order valence-electron chi connectivity index (χ0n) is 12.4. The highest BCUT2D eigenvalue weighted by atomic mass is 16.5. The summed E-state index contributed by atoms with van der Waals surface area (Å²) in [6, 6.07) is 9.59. The summed E-state index contributed by atoms with van der Waals surface area (Å²) in [5.74, 6) is 2.50. The fourth-order valence-corrected chi connectivity index (χ4v) is 3.14. The van der Waals surface area contributed by atoms with Crippen molar-refractivity contribution in [2.75, 3.05) is 0 Å². The number of hydrogen-bond donors (Lipinski definition) is 1. The first-order chi connectivity index (χ1) is 10.2. The lowest BCUT2D eigenvalue weighted by Crippen LogP contribution is -2.13. The van der Waals surface area contributed by atoms with Crippen LogP contribution in [0, 0.1) is 5.92 Å². The summed E-state index contributed by atoms with van der Waals surface area (Å²) in [6.45, 7) is 2.28. The molecule has 112 valence electrons. The van der Waals surface area contributed by atoms with Gasteiger partial charge >= 0.3 is 0 Å². The molecule has 1 aliphatic carbocycles. The van der Waals surface area contributed by atoms with Crippen LogP contribution >= 0.6 is 0 Å². The van der Waals surface area contributed by atoms with Crippen LogP contribution in [-0.4, -0.2) is 15.2 Å². The number of aromatic nitrogens is 2. The second-order valence-electron chi connectivity index (χ2n) is 6.15. The van der Waals surface area contributed by atoms with E-state index in [1.165, 1.54) is 12.8 Å². The largest absolute Gasteiger partial charge is 0.388 e. The average Bonchev–Trinajstić information content (AvgIpc) is 2.97. The molecule has 4 heteroatoms. The summed E-state index contributed by atoms with van der Waals surface area (Å²) in [6.07, 6.45) is 4.60. The monoisotopic (exact) mass is 286 g/mol. The Morgan fingerprint density at radius 3 is 2.86 bits per heavy atom. The van der Waals surface area contributed by atoms with Gasteiger partial charge < -0.3 is 9.63 Å². The number of aliphatic hydroxyl groups excluding tert-OH is 1. The van der Waals surface area contributed by atoms with Crippen LogP contribution in [0.25, 0.3) is 0 Å². The Balaban J connectivity index is 1.65. The summed E-state index contributed by atoms with van der Waals surface area (Å²) in [5, 5.41) is 14.3. The van der Waals surface area contributed by atoms with Gasteiger partial charge in [0.2, 0.25) is 5.89 Å². The van der Waals surface area contributed by atoms with Gasteiger partial charge in [-0.25, -0.2) is 0 Å². The predicted octanol–water partition coefficient (Wildman–Crippen LogP) is 3.64. The van der Waals surface area contributed by atoms with E-state index >= 15 is 0 Å². The van der Waals surface area contributed by atoms with Crippen LogP contribution in [0.1, 0.15) is 61.9 Å². The Morgan fingerprint density at radius 1 is 1.29 bits per heavy atom. The molecule has 0 spiro atoms. The zero-order chi connectivity index (χ0) is 14.7. The quantitative estimate of drug-likeness (QED) is 0.932. The van der Waals surface area contributed by atoms with Crippen molar-refractivity contribution >= 4 is 0 Å². The van der Waals surface area contributed by atoms with E-state index in [-0.39, 0.29) is 0 Å². The molecule has 1 heterocycles. The van der Waals surface area contributed by atoms with Crippen LogP contribution in [0.3, 0.4) is 0 Å². The third-order valence-corrected chi connectivity index (χ3v) is 4.34. The lowest BCUT2D eigenvalue weighted by atomic mass is 9.82. The van der Waals surface area contributed by atoms with E-state index < -0.39 is 6.10 Å². The fraction of sp³-hybridized carbons (Fsp3) is 0.529. The average molecular weight is 286 g/mol. The van der Waals surface area contributed by atoms with Crippen LogP contribution in [0.4, 0.5) is 0 Å². The smallest absolute Gasteiger partial charge is 0.229 e. The first-order valence-corrected chi connectivity index (χ1v) is 7.78. The van der Waals surface area contributed by atoms with E-state index in [1.807, 2.05) is 30.3 Å². The number of nitrogens with zero attached hydrogens (tertiary/aromatic N) is 2. The number of rotatable bonds is 4. The van der Waals surface area contributed by atoms with Crippen molar-refractivity contribution in [3.63, 3.8) is 0 Å². The zero-order valence-corrected chi connectivity index (χ0v) is 12.4. The minimum absolute atomic E-state index is 0.374. The molecule has 1 saturated carbocycles. The minimum Gasteiger partial charge on any atom is -0.388 e. The number of benzene rings is 1. The van der Waals surface area contributed by atoms with E-state index in [1.54, 1.807) is 0 Å². The summed E-state index contributed by atoms with van der Waals surface area (Å²) in [4.78, 5) is 4.50. The van der Waals surface area contributed by atoms with E-state index in [2.05, 4.69) is 17.1 Å². The van der Waals surface area contributed by atoms with Gasteiger partial charge in [0.25, 0.3) is 0 Å². The molecular formula is C17H22N2O2. The molecular weight excluding hydrogens is 264 g/mol. The summed E-state index contributed by atoms with van der Waals surface area (Å²) in [5.41, 5.74) is 0.878. The Labute approximate surface area is 125 Å². The van der Waals surface area contributed by atoms with Gasteiger partial charge in [-0.1, -0.05) is 55.3 Å². The Kier molecular flexibility index (Phi) is 4.34. The van der Waals surface area contributed by atoms with Gasteiger partial charge in [-0.05, 0) is 24.3 Å². The normalized spacial score (nSPS) is 23.9. The fourth-order valence-electron chi connectivity index (χ4n) is 3.14. The van der Waals surface area contributed by atoms with Crippen molar-refractivity contribution in [3.8, 4) is 0 Å². The molecule has 21 heavy (non-hydrogen) atoms. The summed E-state index contributed by atoms with van der Waals surface area (Å²) < 4.78 is 5.32. The van der Waals surface area contributed by atoms with Crippen LogP contribution in [-0.2, 0) is 6.42 Å². The number of hydrogen-bond acceptors (Lipinski definition) is 4. The second kappa shape index (κ2) is 6.39. The molecule has 4 nitrogen and oxygen atoms in total. The van der Waals surface area contributed by atoms with Crippen LogP contribution in [0.15, 0.2) is 34.9 Å². The number of aliphatic hydroxyl groups is 1. The van der Waals surface area contributed by atoms with E-state index in [0.29, 0.717) is 18.2 Å². The maximum absolute atomic E-state index is 10.2. The highest BCUT2D eigenvalue weighted by Crippen LogP contribution is 2.34. The maximum atomic E-state index is 10.2. The van der Waals surface area contributed by atoms with Crippen LogP contribution in [0.2, 0.25) is 0 Å². The standard InChI is InChI=1S/C17H22N2O2/c1-12-6-5-9-14(10-12)17-18-16(21-19-17)11-15(20)13-7-3-2-4-8-13/h2-4,7-8,12,14-15,20H,5-6,9-11H2,1H3. The van der Waals surface area contributed by atoms with Crippen molar-refractivity contribution in [2.24, 2.45) is 5.92 Å². The Morgan fingerprint density at radius 2 is 2.10 bits per heavy atom. The molecule has 1 N–H and O–H groups in total. The van der Waals surface area contributed by atoms with Gasteiger partial charge in [-0.3, -0.25) is 0 Å². The Bertz CT molecular complexity index is 567. The van der Waals surface area contributed by atoms with E-state index in [4.69, 9.17) is 4.52 Å². The van der Waals surface area contributed by atoms with Gasteiger partial charge in [0, 0.05) is 5.92 Å². The maximum Gasteiger partial charge on any atom is 0.229 e. The van der Waals surface area contributed by atoms with Gasteiger partial charge in [-0.2, -0.15) is 4.98 Å². The van der Waals surface area contributed by atoms with Gasteiger partial charge in [-0.15, -0.1) is 0 Å². The molecule has 0 aliphatic heterocycles. The molecule has 0 amide bonds. The molecule has 1 aromatic carbocycles. The Hall–Kier alpha value is -1.68. The van der Waals surface area contributed by atoms with Crippen LogP contribution in [0.5, 0.6) is 0 Å². The molecule has 1 aromatic heterocycles. The molecule has 0 saturated heterocycles. The first kappa shape index (κ1) is 14.3. The van der Waals surface area contributed by atoms with Gasteiger partial charge in [0.05, 0.1) is 12.5 Å². The van der Waals surface area contributed by atoms with Gasteiger partial charge in [0.1, 0.15) is 0 Å². The van der Waals surface area contributed by atoms with Crippen molar-refractivity contribution < 1.29 is 9.63 Å². The third-order valence-electron chi connectivity index (χ3n) is 4.34. The minimum atomic E-state index is -0.593. The van der Waals surface area contributed by atoms with E-state index in [0.717, 1.165) is 30.1 Å². The molecule has 3 rings (SSSR count). The highest BCUT2D eigenvalue weighted by molar-refractivity contribution is 5.18. The molecule has 2 aromatic rings. The van der Waals surface area contributed by atoms with Gasteiger partial charge in [0.15, 0.2) is 5.82 Å². The lowest BCUT2D eigenvalue weighted by molar-refractivity contribution is 0.164. The second-order valence-corrected chi connectivity index (χ2v) is 6.15. The van der Waals surface area contributed by atoms with Crippen molar-refractivity contribution in [2.45, 2.75) is 51.0 Å². The molecule has 3 atom stereocenters. The third kappa shape index (κ3) is 3.50. The molecule has 1 aliphatic rings. The molecule has 1 fully saturated rings. The van der Waals surface area contributed by atoms with Crippen LogP contribution < -0.4 is 0 Å². The SMILES string of the molecule is CC1CCCC(c2noc(CC(O)c3ccccc3)n2)C1.